The first-order chi connectivity index (χ1) is 6.27. The van der Waals surface area contributed by atoms with E-state index < -0.39 is 0 Å². The Labute approximate surface area is 73.8 Å². The van der Waals surface area contributed by atoms with E-state index in [-0.39, 0.29) is 6.04 Å². The Hall–Kier alpha value is -1.69. The topological polar surface area (TPSA) is 91.0 Å². The minimum Gasteiger partial charge on any atom is -0.451 e. The van der Waals surface area contributed by atoms with E-state index in [1.807, 2.05) is 0 Å². The number of hydrogen-bond acceptors (Lipinski definition) is 6. The highest BCUT2D eigenvalue weighted by atomic mass is 16.5. The zero-order valence-electron chi connectivity index (χ0n) is 6.97. The number of oxazole rings is 1. The van der Waals surface area contributed by atoms with Crippen molar-refractivity contribution >= 4 is 0 Å². The summed E-state index contributed by atoms with van der Waals surface area (Å²) in [5, 5.41) is 3.68. The van der Waals surface area contributed by atoms with Crippen molar-refractivity contribution in [3.8, 4) is 11.6 Å². The monoisotopic (exact) mass is 180 g/mol. The minimum absolute atomic E-state index is 0.246. The SMILES string of the molecule is CC(N)c1noc(-c2cocn2)n1. The third kappa shape index (κ3) is 1.43. The van der Waals surface area contributed by atoms with Crippen LogP contribution < -0.4 is 5.73 Å². The van der Waals surface area contributed by atoms with Crippen LogP contribution in [0.2, 0.25) is 0 Å². The van der Waals surface area contributed by atoms with Gasteiger partial charge < -0.3 is 14.7 Å². The van der Waals surface area contributed by atoms with E-state index in [0.29, 0.717) is 17.4 Å². The molecule has 1 unspecified atom stereocenters. The second kappa shape index (κ2) is 2.98. The van der Waals surface area contributed by atoms with E-state index in [9.17, 15) is 0 Å². The smallest absolute Gasteiger partial charge is 0.279 e. The first-order valence-corrected chi connectivity index (χ1v) is 3.75. The van der Waals surface area contributed by atoms with Crippen LogP contribution in [0.1, 0.15) is 18.8 Å². The van der Waals surface area contributed by atoms with Crippen LogP contribution >= 0.6 is 0 Å². The summed E-state index contributed by atoms with van der Waals surface area (Å²) in [6.45, 7) is 1.78. The van der Waals surface area contributed by atoms with Crippen molar-refractivity contribution in [3.05, 3.63) is 18.5 Å². The average molecular weight is 180 g/mol. The Kier molecular flexibility index (Phi) is 1.82. The average Bonchev–Trinajstić information content (AvgIpc) is 2.75. The molecular formula is C7H8N4O2. The molecule has 2 aromatic heterocycles. The van der Waals surface area contributed by atoms with Gasteiger partial charge in [0, 0.05) is 0 Å². The highest BCUT2D eigenvalue weighted by molar-refractivity contribution is 5.42. The van der Waals surface area contributed by atoms with E-state index in [0.717, 1.165) is 0 Å². The lowest BCUT2D eigenvalue weighted by Gasteiger charge is -1.92. The third-order valence-corrected chi connectivity index (χ3v) is 1.50. The molecule has 0 saturated heterocycles. The third-order valence-electron chi connectivity index (χ3n) is 1.50. The number of hydrogen-bond donors (Lipinski definition) is 1. The molecule has 0 aliphatic carbocycles. The van der Waals surface area contributed by atoms with Gasteiger partial charge in [-0.15, -0.1) is 0 Å². The Morgan fingerprint density at radius 2 is 2.38 bits per heavy atom. The van der Waals surface area contributed by atoms with Crippen molar-refractivity contribution in [2.75, 3.05) is 0 Å². The molecule has 0 aliphatic heterocycles. The standard InChI is InChI=1S/C7H8N4O2/c1-4(8)6-10-7(13-11-6)5-2-12-3-9-5/h2-4H,8H2,1H3. The van der Waals surface area contributed by atoms with E-state index in [1.54, 1.807) is 6.92 Å². The van der Waals surface area contributed by atoms with E-state index in [1.165, 1.54) is 12.7 Å². The number of nitrogens with two attached hydrogens (primary N) is 1. The highest BCUT2D eigenvalue weighted by Gasteiger charge is 2.12. The molecule has 6 nitrogen and oxygen atoms in total. The first kappa shape index (κ1) is 7.93. The summed E-state index contributed by atoms with van der Waals surface area (Å²) in [6, 6.07) is -0.246. The van der Waals surface area contributed by atoms with Crippen LogP contribution in [0, 0.1) is 0 Å². The fourth-order valence-electron chi connectivity index (χ4n) is 0.842. The van der Waals surface area contributed by atoms with Crippen molar-refractivity contribution in [2.45, 2.75) is 13.0 Å². The minimum atomic E-state index is -0.246. The van der Waals surface area contributed by atoms with Crippen LogP contribution in [0.4, 0.5) is 0 Å². The maximum Gasteiger partial charge on any atom is 0.279 e. The van der Waals surface area contributed by atoms with Gasteiger partial charge in [0.1, 0.15) is 6.26 Å². The van der Waals surface area contributed by atoms with Crippen LogP contribution in [0.3, 0.4) is 0 Å². The van der Waals surface area contributed by atoms with Crippen LogP contribution in [-0.2, 0) is 0 Å². The summed E-state index contributed by atoms with van der Waals surface area (Å²) >= 11 is 0. The number of rotatable bonds is 2. The molecule has 0 aliphatic rings. The molecule has 1 atom stereocenters. The van der Waals surface area contributed by atoms with E-state index >= 15 is 0 Å². The molecule has 0 saturated carbocycles. The second-order valence-corrected chi connectivity index (χ2v) is 2.62. The summed E-state index contributed by atoms with van der Waals surface area (Å²) in [4.78, 5) is 7.88. The lowest BCUT2D eigenvalue weighted by Crippen LogP contribution is -2.06. The molecular weight excluding hydrogens is 172 g/mol. The van der Waals surface area contributed by atoms with Gasteiger partial charge in [-0.2, -0.15) is 4.98 Å². The molecule has 2 aromatic rings. The van der Waals surface area contributed by atoms with Crippen molar-refractivity contribution in [1.29, 1.82) is 0 Å². The zero-order valence-corrected chi connectivity index (χ0v) is 6.97. The summed E-state index contributed by atoms with van der Waals surface area (Å²) in [7, 11) is 0. The van der Waals surface area contributed by atoms with Crippen molar-refractivity contribution in [2.24, 2.45) is 5.73 Å². The van der Waals surface area contributed by atoms with Gasteiger partial charge in [0.05, 0.1) is 6.04 Å². The molecule has 2 heterocycles. The summed E-state index contributed by atoms with van der Waals surface area (Å²) in [5.41, 5.74) is 6.06. The van der Waals surface area contributed by atoms with E-state index in [2.05, 4.69) is 15.1 Å². The Morgan fingerprint density at radius 1 is 1.54 bits per heavy atom. The maximum absolute atomic E-state index is 5.55. The van der Waals surface area contributed by atoms with Gasteiger partial charge in [-0.05, 0) is 6.92 Å². The fourth-order valence-corrected chi connectivity index (χ4v) is 0.842. The van der Waals surface area contributed by atoms with Crippen LogP contribution in [-0.4, -0.2) is 15.1 Å². The zero-order chi connectivity index (χ0) is 9.26. The van der Waals surface area contributed by atoms with Gasteiger partial charge in [0.2, 0.25) is 0 Å². The Bertz CT molecular complexity index is 379. The van der Waals surface area contributed by atoms with Gasteiger partial charge in [-0.3, -0.25) is 0 Å². The largest absolute Gasteiger partial charge is 0.451 e. The van der Waals surface area contributed by atoms with E-state index in [4.69, 9.17) is 14.7 Å². The van der Waals surface area contributed by atoms with Gasteiger partial charge in [0.25, 0.3) is 5.89 Å². The van der Waals surface area contributed by atoms with Crippen molar-refractivity contribution < 1.29 is 8.94 Å². The van der Waals surface area contributed by atoms with Crippen LogP contribution in [0.25, 0.3) is 11.6 Å². The predicted octanol–water partition coefficient (Wildman–Crippen LogP) is 0.744. The summed E-state index contributed by atoms with van der Waals surface area (Å²) in [5.74, 6) is 0.777. The number of nitrogens with zero attached hydrogens (tertiary/aromatic N) is 3. The Morgan fingerprint density at radius 3 is 2.92 bits per heavy atom. The van der Waals surface area contributed by atoms with Gasteiger partial charge in [0.15, 0.2) is 17.9 Å². The number of aromatic nitrogens is 3. The molecule has 0 spiro atoms. The predicted molar refractivity (Wildman–Crippen MR) is 42.4 cm³/mol. The molecule has 0 radical (unpaired) electrons. The molecule has 0 aromatic carbocycles. The maximum atomic E-state index is 5.55. The van der Waals surface area contributed by atoms with Crippen LogP contribution in [0.5, 0.6) is 0 Å². The lowest BCUT2D eigenvalue weighted by atomic mass is 10.3. The van der Waals surface area contributed by atoms with Gasteiger partial charge in [-0.25, -0.2) is 4.98 Å². The molecule has 13 heavy (non-hydrogen) atoms. The lowest BCUT2D eigenvalue weighted by molar-refractivity contribution is 0.417. The molecule has 2 N–H and O–H groups in total. The quantitative estimate of drug-likeness (QED) is 0.733. The normalized spacial score (nSPS) is 13.1. The highest BCUT2D eigenvalue weighted by Crippen LogP contribution is 2.15. The van der Waals surface area contributed by atoms with Gasteiger partial charge >= 0.3 is 0 Å². The Balaban J connectivity index is 2.33. The van der Waals surface area contributed by atoms with Crippen LogP contribution in [0.15, 0.2) is 21.6 Å². The molecule has 6 heteroatoms. The fraction of sp³-hybridized carbons (Fsp3) is 0.286. The summed E-state index contributed by atoms with van der Waals surface area (Å²) < 4.78 is 9.68. The molecule has 0 bridgehead atoms. The first-order valence-electron chi connectivity index (χ1n) is 3.75. The van der Waals surface area contributed by atoms with Crippen molar-refractivity contribution in [1.82, 2.24) is 15.1 Å². The second-order valence-electron chi connectivity index (χ2n) is 2.62. The van der Waals surface area contributed by atoms with Gasteiger partial charge in [-0.1, -0.05) is 5.16 Å². The summed E-state index contributed by atoms with van der Waals surface area (Å²) in [6.07, 6.45) is 2.73. The molecule has 0 fully saturated rings. The van der Waals surface area contributed by atoms with Crippen molar-refractivity contribution in [3.63, 3.8) is 0 Å². The molecule has 2 rings (SSSR count). The molecule has 0 amide bonds. The molecule has 68 valence electrons.